The highest BCUT2D eigenvalue weighted by molar-refractivity contribution is 6.36. The number of esters is 1. The summed E-state index contributed by atoms with van der Waals surface area (Å²) in [4.78, 5) is 39.2. The smallest absolute Gasteiger partial charge is 0.425 e. The minimum atomic E-state index is -1.15. The summed E-state index contributed by atoms with van der Waals surface area (Å²) in [5.41, 5.74) is -2.23. The van der Waals surface area contributed by atoms with Crippen molar-refractivity contribution in [1.29, 1.82) is 0 Å². The third-order valence-corrected chi connectivity index (χ3v) is 5.09. The highest BCUT2D eigenvalue weighted by Gasteiger charge is 2.37. The van der Waals surface area contributed by atoms with E-state index in [0.717, 1.165) is 12.1 Å². The molecule has 0 aliphatic heterocycles. The van der Waals surface area contributed by atoms with E-state index in [4.69, 9.17) is 42.1 Å². The standard InChI is InChI=1S/C25H30Cl2FN3O7/c1-9-35-21(32)16-12-17(36-13(2)18-14(26)10-11-15(28)19(18)27)20(30-29-16)31(22(33)37-24(3,4)5)23(34)38-25(6,7)8/h10-13H,9H2,1-8H3/t13-/m0/s1. The van der Waals surface area contributed by atoms with Crippen molar-refractivity contribution < 1.29 is 37.7 Å². The van der Waals surface area contributed by atoms with Crippen molar-refractivity contribution >= 4 is 47.2 Å². The molecule has 0 aliphatic rings. The number of carbonyl (C=O) groups is 3. The first-order valence-electron chi connectivity index (χ1n) is 11.6. The Morgan fingerprint density at radius 2 is 1.55 bits per heavy atom. The van der Waals surface area contributed by atoms with Gasteiger partial charge >= 0.3 is 18.2 Å². The van der Waals surface area contributed by atoms with Gasteiger partial charge in [-0.2, -0.15) is 4.90 Å². The first-order valence-corrected chi connectivity index (χ1v) is 12.3. The number of anilines is 1. The number of amides is 2. The lowest BCUT2D eigenvalue weighted by atomic mass is 10.1. The topological polar surface area (TPSA) is 117 Å². The molecule has 1 atom stereocenters. The van der Waals surface area contributed by atoms with Crippen molar-refractivity contribution in [2.24, 2.45) is 0 Å². The first-order chi connectivity index (χ1) is 17.4. The second-order valence-corrected chi connectivity index (χ2v) is 10.7. The van der Waals surface area contributed by atoms with Gasteiger partial charge in [-0.05, 0) is 67.5 Å². The Bertz CT molecular complexity index is 1180. The minimum Gasteiger partial charge on any atom is -0.482 e. The molecule has 0 bridgehead atoms. The van der Waals surface area contributed by atoms with Gasteiger partial charge in [0.25, 0.3) is 0 Å². The largest absolute Gasteiger partial charge is 0.482 e. The van der Waals surface area contributed by atoms with E-state index in [2.05, 4.69) is 10.2 Å². The number of nitrogens with zero attached hydrogens (tertiary/aromatic N) is 3. The maximum atomic E-state index is 14.2. The van der Waals surface area contributed by atoms with Crippen molar-refractivity contribution in [3.05, 3.63) is 45.3 Å². The Balaban J connectivity index is 2.71. The van der Waals surface area contributed by atoms with Crippen LogP contribution in [0.4, 0.5) is 19.8 Å². The molecule has 208 valence electrons. The van der Waals surface area contributed by atoms with E-state index in [0.29, 0.717) is 4.90 Å². The predicted octanol–water partition coefficient (Wildman–Crippen LogP) is 6.92. The van der Waals surface area contributed by atoms with Crippen LogP contribution >= 0.6 is 23.2 Å². The number of halogens is 3. The van der Waals surface area contributed by atoms with E-state index in [1.807, 2.05) is 0 Å². The highest BCUT2D eigenvalue weighted by atomic mass is 35.5. The maximum absolute atomic E-state index is 14.2. The molecule has 0 saturated carbocycles. The molecule has 0 unspecified atom stereocenters. The Kier molecular flexibility index (Phi) is 9.90. The van der Waals surface area contributed by atoms with Crippen LogP contribution in [0.3, 0.4) is 0 Å². The molecular formula is C25H30Cl2FN3O7. The minimum absolute atomic E-state index is 0.0469. The number of hydrogen-bond donors (Lipinski definition) is 0. The molecule has 0 N–H and O–H groups in total. The lowest BCUT2D eigenvalue weighted by molar-refractivity contribution is 0.0425. The third kappa shape index (κ3) is 8.16. The molecule has 1 heterocycles. The normalized spacial score (nSPS) is 12.4. The van der Waals surface area contributed by atoms with E-state index < -0.39 is 47.1 Å². The summed E-state index contributed by atoms with van der Waals surface area (Å²) in [7, 11) is 0. The summed E-state index contributed by atoms with van der Waals surface area (Å²) in [6, 6.07) is 3.49. The number of carbonyl (C=O) groups excluding carboxylic acids is 3. The fourth-order valence-corrected chi connectivity index (χ4v) is 3.62. The summed E-state index contributed by atoms with van der Waals surface area (Å²) in [6.07, 6.45) is -3.35. The number of hydrogen-bond acceptors (Lipinski definition) is 9. The number of imide groups is 1. The molecule has 0 aliphatic carbocycles. The average Bonchev–Trinajstić information content (AvgIpc) is 2.75. The fraction of sp³-hybridized carbons (Fsp3) is 0.480. The van der Waals surface area contributed by atoms with Crippen molar-refractivity contribution in [3.8, 4) is 5.75 Å². The zero-order valence-electron chi connectivity index (χ0n) is 22.3. The van der Waals surface area contributed by atoms with Crippen LogP contribution < -0.4 is 9.64 Å². The van der Waals surface area contributed by atoms with Gasteiger partial charge in [-0.15, -0.1) is 10.2 Å². The Labute approximate surface area is 230 Å². The monoisotopic (exact) mass is 573 g/mol. The molecule has 0 fully saturated rings. The highest BCUT2D eigenvalue weighted by Crippen LogP contribution is 2.38. The van der Waals surface area contributed by atoms with E-state index in [1.54, 1.807) is 48.5 Å². The SMILES string of the molecule is CCOC(=O)c1cc(O[C@@H](C)c2c(Cl)ccc(F)c2Cl)c(N(C(=O)OC(C)(C)C)C(=O)OC(C)(C)C)nn1. The van der Waals surface area contributed by atoms with Crippen LogP contribution in [-0.4, -0.2) is 46.2 Å². The number of benzene rings is 1. The molecule has 0 saturated heterocycles. The second kappa shape index (κ2) is 12.1. The van der Waals surface area contributed by atoms with Crippen LogP contribution in [0.25, 0.3) is 0 Å². The van der Waals surface area contributed by atoms with E-state index in [9.17, 15) is 18.8 Å². The lowest BCUT2D eigenvalue weighted by Crippen LogP contribution is -2.44. The van der Waals surface area contributed by atoms with Crippen molar-refractivity contribution in [2.45, 2.75) is 72.7 Å². The van der Waals surface area contributed by atoms with Crippen LogP contribution in [0, 0.1) is 5.82 Å². The number of ether oxygens (including phenoxy) is 4. The van der Waals surface area contributed by atoms with E-state index in [-0.39, 0.29) is 33.7 Å². The van der Waals surface area contributed by atoms with Gasteiger partial charge < -0.3 is 18.9 Å². The van der Waals surface area contributed by atoms with Crippen LogP contribution in [0.1, 0.15) is 77.5 Å². The quantitative estimate of drug-likeness (QED) is 0.206. The molecular weight excluding hydrogens is 544 g/mol. The fourth-order valence-electron chi connectivity index (χ4n) is 2.94. The van der Waals surface area contributed by atoms with Crippen molar-refractivity contribution in [2.75, 3.05) is 11.5 Å². The van der Waals surface area contributed by atoms with Gasteiger partial charge in [-0.3, -0.25) is 0 Å². The van der Waals surface area contributed by atoms with E-state index in [1.165, 1.54) is 13.0 Å². The lowest BCUT2D eigenvalue weighted by Gasteiger charge is -2.29. The zero-order valence-corrected chi connectivity index (χ0v) is 23.9. The number of rotatable bonds is 6. The van der Waals surface area contributed by atoms with Crippen LogP contribution in [-0.2, 0) is 14.2 Å². The summed E-state index contributed by atoms with van der Waals surface area (Å²) in [6.45, 7) is 12.7. The molecule has 13 heteroatoms. The van der Waals surface area contributed by atoms with Gasteiger partial charge in [0.15, 0.2) is 11.4 Å². The third-order valence-electron chi connectivity index (χ3n) is 4.38. The van der Waals surface area contributed by atoms with E-state index >= 15 is 0 Å². The zero-order chi connectivity index (χ0) is 29.0. The molecule has 0 spiro atoms. The Hall–Kier alpha value is -3.18. The Morgan fingerprint density at radius 3 is 2.05 bits per heavy atom. The van der Waals surface area contributed by atoms with Gasteiger partial charge in [0.2, 0.25) is 5.82 Å². The average molecular weight is 574 g/mol. The second-order valence-electron chi connectivity index (χ2n) is 9.95. The number of aromatic nitrogens is 2. The van der Waals surface area contributed by atoms with Crippen molar-refractivity contribution in [3.63, 3.8) is 0 Å². The first kappa shape index (κ1) is 31.0. The molecule has 1 aromatic heterocycles. The van der Waals surface area contributed by atoms with Gasteiger partial charge in [0.05, 0.1) is 11.6 Å². The van der Waals surface area contributed by atoms with Gasteiger partial charge in [0, 0.05) is 16.7 Å². The summed E-state index contributed by atoms with van der Waals surface area (Å²) < 4.78 is 35.9. The predicted molar refractivity (Wildman–Crippen MR) is 138 cm³/mol. The molecule has 2 rings (SSSR count). The van der Waals surface area contributed by atoms with Gasteiger partial charge in [-0.25, -0.2) is 18.8 Å². The summed E-state index contributed by atoms with van der Waals surface area (Å²) >= 11 is 12.4. The molecule has 10 nitrogen and oxygen atoms in total. The van der Waals surface area contributed by atoms with Crippen LogP contribution in [0.2, 0.25) is 10.0 Å². The van der Waals surface area contributed by atoms with Gasteiger partial charge in [-0.1, -0.05) is 23.2 Å². The van der Waals surface area contributed by atoms with Gasteiger partial charge in [0.1, 0.15) is 23.1 Å². The Morgan fingerprint density at radius 1 is 1.00 bits per heavy atom. The van der Waals surface area contributed by atoms with Crippen molar-refractivity contribution in [1.82, 2.24) is 10.2 Å². The summed E-state index contributed by atoms with van der Waals surface area (Å²) in [5, 5.41) is 7.49. The molecule has 2 aromatic rings. The van der Waals surface area contributed by atoms with Crippen LogP contribution in [0.15, 0.2) is 18.2 Å². The summed E-state index contributed by atoms with van der Waals surface area (Å²) in [5.74, 6) is -2.33. The molecule has 1 aromatic carbocycles. The maximum Gasteiger partial charge on any atom is 0.425 e. The molecule has 2 amide bonds. The van der Waals surface area contributed by atoms with Crippen LogP contribution in [0.5, 0.6) is 5.75 Å². The molecule has 38 heavy (non-hydrogen) atoms. The molecule has 0 radical (unpaired) electrons.